The fourth-order valence-corrected chi connectivity index (χ4v) is 3.60. The summed E-state index contributed by atoms with van der Waals surface area (Å²) in [6.45, 7) is 1.91. The molecular weight excluding hydrogens is 273 g/mol. The van der Waals surface area contributed by atoms with Crippen LogP contribution in [0.25, 0.3) is 0 Å². The summed E-state index contributed by atoms with van der Waals surface area (Å²) in [6, 6.07) is 0. The van der Waals surface area contributed by atoms with Crippen LogP contribution < -0.4 is 11.2 Å². The average molecular weight is 283 g/mol. The monoisotopic (exact) mass is 283 g/mol. The number of thioether (sulfide) groups is 1. The molecule has 0 saturated carbocycles. The molecule has 2 aliphatic heterocycles. The quantitative estimate of drug-likeness (QED) is 0.299. The molecule has 1 unspecified atom stereocenters. The van der Waals surface area contributed by atoms with Crippen molar-refractivity contribution < 1.29 is 0 Å². The van der Waals surface area contributed by atoms with Crippen molar-refractivity contribution in [1.82, 2.24) is 10.3 Å². The Morgan fingerprint density at radius 2 is 2.55 bits per heavy atom. The maximum absolute atomic E-state index is 5.69. The smallest absolute Gasteiger partial charge is 0.129 e. The molecule has 0 aromatic heterocycles. The number of rotatable bonds is 0. The van der Waals surface area contributed by atoms with Crippen molar-refractivity contribution >= 4 is 34.4 Å². The van der Waals surface area contributed by atoms with Gasteiger partial charge in [-0.25, -0.2) is 5.01 Å². The molecule has 0 bridgehead atoms. The predicted molar refractivity (Wildman–Crippen MR) is 55.9 cm³/mol. The molecule has 3 nitrogen and oxygen atoms in total. The lowest BCUT2D eigenvalue weighted by Crippen LogP contribution is -2.37. The molecule has 0 saturated heterocycles. The molecule has 1 atom stereocenters. The lowest BCUT2D eigenvalue weighted by molar-refractivity contribution is 0.300. The maximum atomic E-state index is 5.69. The molecule has 62 valence electrons. The van der Waals surface area contributed by atoms with E-state index in [4.69, 9.17) is 5.84 Å². The predicted octanol–water partition coefficient (Wildman–Crippen LogP) is 0.832. The van der Waals surface area contributed by atoms with Gasteiger partial charge in [-0.1, -0.05) is 11.8 Å². The molecule has 0 amide bonds. The van der Waals surface area contributed by atoms with Crippen LogP contribution in [0.4, 0.5) is 0 Å². The standard InChI is InChI=1S/C6H10IN3S/c7-6-9-4-1-2-10(8)3-5(4)11-6/h6,9H,1-3,8H2. The maximum Gasteiger partial charge on any atom is 0.129 e. The van der Waals surface area contributed by atoms with Gasteiger partial charge < -0.3 is 5.32 Å². The minimum absolute atomic E-state index is 0.518. The van der Waals surface area contributed by atoms with E-state index in [0.717, 1.165) is 19.5 Å². The molecule has 2 rings (SSSR count). The first-order chi connectivity index (χ1) is 5.25. The molecule has 0 fully saturated rings. The largest absolute Gasteiger partial charge is 0.368 e. The summed E-state index contributed by atoms with van der Waals surface area (Å²) in [5.41, 5.74) is 1.41. The summed E-state index contributed by atoms with van der Waals surface area (Å²) >= 11 is 4.28. The van der Waals surface area contributed by atoms with Crippen LogP contribution in [-0.2, 0) is 0 Å². The van der Waals surface area contributed by atoms with Crippen molar-refractivity contribution in [3.63, 3.8) is 0 Å². The number of nitrogens with one attached hydrogen (secondary N) is 1. The van der Waals surface area contributed by atoms with Gasteiger partial charge in [-0.2, -0.15) is 0 Å². The summed E-state index contributed by atoms with van der Waals surface area (Å²) in [6.07, 6.45) is 1.08. The Morgan fingerprint density at radius 3 is 3.36 bits per heavy atom. The summed E-state index contributed by atoms with van der Waals surface area (Å²) in [5.74, 6) is 5.69. The molecule has 5 heteroatoms. The highest BCUT2D eigenvalue weighted by atomic mass is 127. The molecule has 3 N–H and O–H groups in total. The Hall–Kier alpha value is 0.540. The van der Waals surface area contributed by atoms with Gasteiger partial charge in [-0.3, -0.25) is 5.84 Å². The van der Waals surface area contributed by atoms with E-state index in [0.29, 0.717) is 3.38 Å². The summed E-state index contributed by atoms with van der Waals surface area (Å²) < 4.78 is 0.518. The molecule has 0 radical (unpaired) electrons. The first-order valence-corrected chi connectivity index (χ1v) is 5.67. The Balaban J connectivity index is 2.10. The third-order valence-electron chi connectivity index (χ3n) is 1.87. The molecule has 0 aliphatic carbocycles. The molecule has 0 aromatic carbocycles. The number of hydrazine groups is 1. The van der Waals surface area contributed by atoms with Gasteiger partial charge in [0.05, 0.1) is 0 Å². The summed E-state index contributed by atoms with van der Waals surface area (Å²) in [7, 11) is 0. The highest BCUT2D eigenvalue weighted by Crippen LogP contribution is 2.36. The van der Waals surface area contributed by atoms with Crippen LogP contribution in [0, 0.1) is 0 Å². The van der Waals surface area contributed by atoms with Crippen LogP contribution in [0.1, 0.15) is 6.42 Å². The second kappa shape index (κ2) is 3.12. The van der Waals surface area contributed by atoms with Crippen LogP contribution >= 0.6 is 34.4 Å². The highest BCUT2D eigenvalue weighted by Gasteiger charge is 2.25. The van der Waals surface area contributed by atoms with Crippen molar-refractivity contribution in [2.45, 2.75) is 9.80 Å². The fraction of sp³-hybridized carbons (Fsp3) is 0.667. The minimum atomic E-state index is 0.518. The zero-order valence-electron chi connectivity index (χ0n) is 6.01. The van der Waals surface area contributed by atoms with Crippen molar-refractivity contribution in [2.75, 3.05) is 13.1 Å². The van der Waals surface area contributed by atoms with Crippen molar-refractivity contribution in [1.29, 1.82) is 0 Å². The Labute approximate surface area is 83.9 Å². The van der Waals surface area contributed by atoms with Gasteiger partial charge in [0.15, 0.2) is 0 Å². The van der Waals surface area contributed by atoms with E-state index >= 15 is 0 Å². The van der Waals surface area contributed by atoms with Gasteiger partial charge in [-0.05, 0) is 22.6 Å². The second-order valence-electron chi connectivity index (χ2n) is 2.70. The number of hydrogen-bond donors (Lipinski definition) is 2. The van der Waals surface area contributed by atoms with Crippen LogP contribution in [0.5, 0.6) is 0 Å². The van der Waals surface area contributed by atoms with E-state index in [1.807, 2.05) is 16.8 Å². The zero-order chi connectivity index (χ0) is 7.84. The molecular formula is C6H10IN3S. The van der Waals surface area contributed by atoms with E-state index in [9.17, 15) is 0 Å². The van der Waals surface area contributed by atoms with Crippen molar-refractivity contribution in [3.05, 3.63) is 10.6 Å². The molecule has 11 heavy (non-hydrogen) atoms. The SMILES string of the molecule is NN1CCC2=C(C1)SC(I)N2. The highest BCUT2D eigenvalue weighted by molar-refractivity contribution is 14.1. The van der Waals surface area contributed by atoms with Crippen LogP contribution in [0.2, 0.25) is 0 Å². The third kappa shape index (κ3) is 1.66. The van der Waals surface area contributed by atoms with E-state index in [1.165, 1.54) is 10.6 Å². The summed E-state index contributed by atoms with van der Waals surface area (Å²) in [4.78, 5) is 1.43. The molecule has 2 aliphatic rings. The van der Waals surface area contributed by atoms with E-state index in [1.54, 1.807) is 0 Å². The van der Waals surface area contributed by atoms with E-state index in [2.05, 4.69) is 27.9 Å². The number of hydrogen-bond acceptors (Lipinski definition) is 4. The Kier molecular flexibility index (Phi) is 2.31. The number of halogens is 1. The normalized spacial score (nSPS) is 32.0. The van der Waals surface area contributed by atoms with Gasteiger partial charge >= 0.3 is 0 Å². The average Bonchev–Trinajstić information content (AvgIpc) is 2.27. The number of nitrogens with zero attached hydrogens (tertiary/aromatic N) is 1. The first-order valence-electron chi connectivity index (χ1n) is 3.54. The van der Waals surface area contributed by atoms with Gasteiger partial charge in [-0.15, -0.1) is 0 Å². The third-order valence-corrected chi connectivity index (χ3v) is 3.92. The van der Waals surface area contributed by atoms with E-state index < -0.39 is 0 Å². The number of alkyl halides is 1. The van der Waals surface area contributed by atoms with Gasteiger partial charge in [0, 0.05) is 30.1 Å². The van der Waals surface area contributed by atoms with Gasteiger partial charge in [0.1, 0.15) is 3.38 Å². The zero-order valence-corrected chi connectivity index (χ0v) is 8.98. The lowest BCUT2D eigenvalue weighted by atomic mass is 10.2. The van der Waals surface area contributed by atoms with E-state index in [-0.39, 0.29) is 0 Å². The van der Waals surface area contributed by atoms with Crippen LogP contribution in [0.3, 0.4) is 0 Å². The Bertz CT molecular complexity index is 206. The van der Waals surface area contributed by atoms with Crippen LogP contribution in [0.15, 0.2) is 10.6 Å². The molecule has 0 spiro atoms. The molecule has 0 aromatic rings. The molecule has 2 heterocycles. The fourth-order valence-electron chi connectivity index (χ4n) is 1.31. The van der Waals surface area contributed by atoms with Crippen LogP contribution in [-0.4, -0.2) is 21.5 Å². The topological polar surface area (TPSA) is 41.3 Å². The minimum Gasteiger partial charge on any atom is -0.368 e. The first kappa shape index (κ1) is 8.15. The summed E-state index contributed by atoms with van der Waals surface area (Å²) in [5, 5.41) is 5.30. The number of nitrogens with two attached hydrogens (primary N) is 1. The van der Waals surface area contributed by atoms with Crippen molar-refractivity contribution in [3.8, 4) is 0 Å². The van der Waals surface area contributed by atoms with Gasteiger partial charge in [0.2, 0.25) is 0 Å². The second-order valence-corrected chi connectivity index (χ2v) is 5.99. The lowest BCUT2D eigenvalue weighted by Gasteiger charge is -2.22. The van der Waals surface area contributed by atoms with Crippen molar-refractivity contribution in [2.24, 2.45) is 5.84 Å². The van der Waals surface area contributed by atoms with Gasteiger partial charge in [0.25, 0.3) is 0 Å². The Morgan fingerprint density at radius 1 is 1.73 bits per heavy atom.